The maximum Gasteiger partial charge on any atom is 0.119 e. The molecule has 0 aliphatic heterocycles. The first kappa shape index (κ1) is 21.5. The Bertz CT molecular complexity index is 1060. The SMILES string of the molecule is CCCCOc1ccc(C=Cc2ccc(N(c3ccccc3)c3ccccc3)cc2)cc1. The van der Waals surface area contributed by atoms with Gasteiger partial charge in [0, 0.05) is 17.1 Å². The van der Waals surface area contributed by atoms with Crippen LogP contribution in [0.3, 0.4) is 0 Å². The molecule has 2 heteroatoms. The second-order valence-electron chi connectivity index (χ2n) is 7.70. The number of anilines is 3. The van der Waals surface area contributed by atoms with Crippen LogP contribution in [0.1, 0.15) is 30.9 Å². The van der Waals surface area contributed by atoms with Crippen molar-refractivity contribution in [1.29, 1.82) is 0 Å². The maximum atomic E-state index is 5.74. The van der Waals surface area contributed by atoms with E-state index in [-0.39, 0.29) is 0 Å². The van der Waals surface area contributed by atoms with Crippen LogP contribution < -0.4 is 9.64 Å². The van der Waals surface area contributed by atoms with Crippen LogP contribution in [0.5, 0.6) is 5.75 Å². The number of nitrogens with zero attached hydrogens (tertiary/aromatic N) is 1. The zero-order valence-corrected chi connectivity index (χ0v) is 18.5. The molecule has 0 saturated heterocycles. The monoisotopic (exact) mass is 419 g/mol. The summed E-state index contributed by atoms with van der Waals surface area (Å²) in [4.78, 5) is 2.27. The molecule has 0 aliphatic carbocycles. The topological polar surface area (TPSA) is 12.5 Å². The number of para-hydroxylation sites is 2. The third-order valence-electron chi connectivity index (χ3n) is 5.30. The van der Waals surface area contributed by atoms with Crippen LogP contribution in [-0.4, -0.2) is 6.61 Å². The van der Waals surface area contributed by atoms with Crippen LogP contribution >= 0.6 is 0 Å². The summed E-state index contributed by atoms with van der Waals surface area (Å²) in [7, 11) is 0. The average Bonchev–Trinajstić information content (AvgIpc) is 2.86. The van der Waals surface area contributed by atoms with Gasteiger partial charge in [0.2, 0.25) is 0 Å². The molecule has 0 spiro atoms. The van der Waals surface area contributed by atoms with Gasteiger partial charge in [-0.1, -0.05) is 86.2 Å². The molecule has 0 radical (unpaired) electrons. The van der Waals surface area contributed by atoms with Crippen molar-refractivity contribution >= 4 is 29.2 Å². The van der Waals surface area contributed by atoms with E-state index in [2.05, 4.69) is 109 Å². The van der Waals surface area contributed by atoms with Gasteiger partial charge in [0.25, 0.3) is 0 Å². The first-order chi connectivity index (χ1) is 15.8. The summed E-state index contributed by atoms with van der Waals surface area (Å²) in [6.07, 6.45) is 6.51. The van der Waals surface area contributed by atoms with Gasteiger partial charge in [0.1, 0.15) is 5.75 Å². The predicted octanol–water partition coefficient (Wildman–Crippen LogP) is 8.51. The Morgan fingerprint density at radius 3 is 1.56 bits per heavy atom. The molecule has 4 aromatic carbocycles. The third-order valence-corrected chi connectivity index (χ3v) is 5.30. The standard InChI is InChI=1S/C30H29NO/c1-2-3-24-32-30-22-18-26(19-23-30)15-14-25-16-20-29(21-17-25)31(27-10-6-4-7-11-27)28-12-8-5-9-13-28/h4-23H,2-3,24H2,1H3. The molecule has 4 rings (SSSR count). The van der Waals surface area contributed by atoms with Gasteiger partial charge < -0.3 is 9.64 Å². The normalized spacial score (nSPS) is 10.9. The summed E-state index contributed by atoms with van der Waals surface area (Å²) in [5, 5.41) is 0. The second kappa shape index (κ2) is 11.0. The Kier molecular flexibility index (Phi) is 7.38. The smallest absolute Gasteiger partial charge is 0.119 e. The van der Waals surface area contributed by atoms with E-state index in [0.717, 1.165) is 53.4 Å². The zero-order chi connectivity index (χ0) is 22.0. The number of hydrogen-bond acceptors (Lipinski definition) is 2. The molecule has 2 nitrogen and oxygen atoms in total. The molecule has 0 atom stereocenters. The molecule has 32 heavy (non-hydrogen) atoms. The summed E-state index contributed by atoms with van der Waals surface area (Å²) in [5.74, 6) is 0.932. The van der Waals surface area contributed by atoms with E-state index in [1.54, 1.807) is 0 Å². The molecule has 0 saturated carbocycles. The molecule has 0 amide bonds. The zero-order valence-electron chi connectivity index (χ0n) is 18.5. The Morgan fingerprint density at radius 2 is 1.06 bits per heavy atom. The minimum atomic E-state index is 0.779. The van der Waals surface area contributed by atoms with Crippen molar-refractivity contribution in [1.82, 2.24) is 0 Å². The first-order valence-electron chi connectivity index (χ1n) is 11.2. The van der Waals surface area contributed by atoms with E-state index in [1.165, 1.54) is 0 Å². The van der Waals surface area contributed by atoms with Gasteiger partial charge in [-0.15, -0.1) is 0 Å². The second-order valence-corrected chi connectivity index (χ2v) is 7.70. The summed E-state index contributed by atoms with van der Waals surface area (Å²) in [6, 6.07) is 37.8. The van der Waals surface area contributed by atoms with E-state index in [9.17, 15) is 0 Å². The largest absolute Gasteiger partial charge is 0.494 e. The Balaban J connectivity index is 1.49. The maximum absolute atomic E-state index is 5.74. The minimum absolute atomic E-state index is 0.779. The van der Waals surface area contributed by atoms with Crippen molar-refractivity contribution < 1.29 is 4.74 Å². The van der Waals surface area contributed by atoms with Crippen LogP contribution in [0.15, 0.2) is 109 Å². The van der Waals surface area contributed by atoms with E-state index in [4.69, 9.17) is 4.74 Å². The van der Waals surface area contributed by atoms with Crippen molar-refractivity contribution in [3.63, 3.8) is 0 Å². The van der Waals surface area contributed by atoms with Gasteiger partial charge in [-0.3, -0.25) is 0 Å². The molecular formula is C30H29NO. The highest BCUT2D eigenvalue weighted by atomic mass is 16.5. The predicted molar refractivity (Wildman–Crippen MR) is 137 cm³/mol. The fourth-order valence-corrected chi connectivity index (χ4v) is 3.54. The Labute approximate surface area is 191 Å². The third kappa shape index (κ3) is 5.67. The molecule has 0 N–H and O–H groups in total. The van der Waals surface area contributed by atoms with E-state index in [1.807, 2.05) is 24.3 Å². The van der Waals surface area contributed by atoms with E-state index in [0.29, 0.717) is 0 Å². The fraction of sp³-hybridized carbons (Fsp3) is 0.133. The molecular weight excluding hydrogens is 390 g/mol. The van der Waals surface area contributed by atoms with Gasteiger partial charge in [-0.2, -0.15) is 0 Å². The van der Waals surface area contributed by atoms with Crippen molar-refractivity contribution in [2.24, 2.45) is 0 Å². The molecule has 0 unspecified atom stereocenters. The summed E-state index contributed by atoms with van der Waals surface area (Å²) >= 11 is 0. The van der Waals surface area contributed by atoms with Crippen LogP contribution in [0.2, 0.25) is 0 Å². The quantitative estimate of drug-likeness (QED) is 0.199. The molecule has 0 bridgehead atoms. The Hall–Kier alpha value is -3.78. The molecule has 0 aromatic heterocycles. The lowest BCUT2D eigenvalue weighted by Gasteiger charge is -2.25. The fourth-order valence-electron chi connectivity index (χ4n) is 3.54. The number of unbranched alkanes of at least 4 members (excludes halogenated alkanes) is 1. The van der Waals surface area contributed by atoms with Crippen LogP contribution in [-0.2, 0) is 0 Å². The van der Waals surface area contributed by atoms with Gasteiger partial charge in [-0.25, -0.2) is 0 Å². The lowest BCUT2D eigenvalue weighted by atomic mass is 10.1. The van der Waals surface area contributed by atoms with Crippen LogP contribution in [0, 0.1) is 0 Å². The molecule has 0 fully saturated rings. The van der Waals surface area contributed by atoms with Crippen LogP contribution in [0.4, 0.5) is 17.1 Å². The lowest BCUT2D eigenvalue weighted by Crippen LogP contribution is -2.09. The van der Waals surface area contributed by atoms with E-state index < -0.39 is 0 Å². The number of benzene rings is 4. The number of rotatable bonds is 9. The van der Waals surface area contributed by atoms with Crippen LogP contribution in [0.25, 0.3) is 12.2 Å². The molecule has 0 aliphatic rings. The van der Waals surface area contributed by atoms with Crippen molar-refractivity contribution in [2.45, 2.75) is 19.8 Å². The Morgan fingerprint density at radius 1 is 0.594 bits per heavy atom. The summed E-state index contributed by atoms with van der Waals surface area (Å²) in [6.45, 7) is 2.95. The highest BCUT2D eigenvalue weighted by molar-refractivity contribution is 5.78. The van der Waals surface area contributed by atoms with Crippen molar-refractivity contribution in [2.75, 3.05) is 11.5 Å². The average molecular weight is 420 g/mol. The lowest BCUT2D eigenvalue weighted by molar-refractivity contribution is 0.309. The minimum Gasteiger partial charge on any atom is -0.494 e. The van der Waals surface area contributed by atoms with E-state index >= 15 is 0 Å². The van der Waals surface area contributed by atoms with Gasteiger partial charge in [0.05, 0.1) is 6.61 Å². The summed E-state index contributed by atoms with van der Waals surface area (Å²) in [5.41, 5.74) is 5.74. The number of ether oxygens (including phenoxy) is 1. The first-order valence-corrected chi connectivity index (χ1v) is 11.2. The summed E-state index contributed by atoms with van der Waals surface area (Å²) < 4.78 is 5.74. The molecule has 160 valence electrons. The van der Waals surface area contributed by atoms with Gasteiger partial charge >= 0.3 is 0 Å². The number of hydrogen-bond donors (Lipinski definition) is 0. The molecule has 4 aromatic rings. The highest BCUT2D eigenvalue weighted by Gasteiger charge is 2.11. The van der Waals surface area contributed by atoms with Gasteiger partial charge in [-0.05, 0) is 66.1 Å². The van der Waals surface area contributed by atoms with Crippen molar-refractivity contribution in [3.8, 4) is 5.75 Å². The van der Waals surface area contributed by atoms with Gasteiger partial charge in [0.15, 0.2) is 0 Å². The highest BCUT2D eigenvalue weighted by Crippen LogP contribution is 2.34. The van der Waals surface area contributed by atoms with Crippen molar-refractivity contribution in [3.05, 3.63) is 120 Å². The molecule has 0 heterocycles.